The molecule has 0 atom stereocenters. The van der Waals surface area contributed by atoms with Gasteiger partial charge in [-0.2, -0.15) is 0 Å². The number of benzene rings is 8. The average molecular weight is 805 g/mol. The molecule has 2 aliphatic carbocycles. The lowest BCUT2D eigenvalue weighted by Crippen LogP contribution is -2.34. The Labute approximate surface area is 369 Å². The molecule has 8 aromatic rings. The first-order chi connectivity index (χ1) is 30.3. The second-order valence-corrected chi connectivity index (χ2v) is 18.4. The highest BCUT2D eigenvalue weighted by molar-refractivity contribution is 5.88. The molecule has 0 unspecified atom stereocenters. The lowest BCUT2D eigenvalue weighted by molar-refractivity contribution is 0.217. The quantitative estimate of drug-likeness (QED) is 0.136. The van der Waals surface area contributed by atoms with Gasteiger partial charge in [0, 0.05) is 44.8 Å². The van der Waals surface area contributed by atoms with Gasteiger partial charge in [-0.1, -0.05) is 167 Å². The van der Waals surface area contributed by atoms with Gasteiger partial charge in [-0.05, 0) is 143 Å². The zero-order chi connectivity index (χ0) is 42.3. The summed E-state index contributed by atoms with van der Waals surface area (Å²) in [5.41, 5.74) is 17.5. The first-order valence-electron chi connectivity index (χ1n) is 22.6. The van der Waals surface area contributed by atoms with E-state index < -0.39 is 0 Å². The zero-order valence-corrected chi connectivity index (χ0v) is 36.5. The Bertz CT molecular complexity index is 2780. The third-order valence-corrected chi connectivity index (χ3v) is 14.3. The Kier molecular flexibility index (Phi) is 10.4. The molecule has 2 nitrogen and oxygen atoms in total. The summed E-state index contributed by atoms with van der Waals surface area (Å²) in [6.07, 6.45) is 4.73. The normalized spacial score (nSPS) is 17.6. The largest absolute Gasteiger partial charge is 0.310 e. The second-order valence-electron chi connectivity index (χ2n) is 18.4. The van der Waals surface area contributed by atoms with E-state index >= 15 is 0 Å². The van der Waals surface area contributed by atoms with Crippen LogP contribution in [0.4, 0.5) is 34.1 Å². The van der Waals surface area contributed by atoms with Crippen LogP contribution in [0.15, 0.2) is 206 Å². The predicted molar refractivity (Wildman–Crippen MR) is 263 cm³/mol. The molecule has 8 aromatic carbocycles. The molecule has 2 aliphatic rings. The monoisotopic (exact) mass is 804 g/mol. The number of nitrogens with zero attached hydrogens (tertiary/aromatic N) is 2. The smallest absolute Gasteiger partial charge is 0.0540 e. The van der Waals surface area contributed by atoms with Gasteiger partial charge in [0.15, 0.2) is 0 Å². The van der Waals surface area contributed by atoms with Crippen molar-refractivity contribution in [3.05, 3.63) is 229 Å². The minimum absolute atomic E-state index is 0.0751. The highest BCUT2D eigenvalue weighted by Crippen LogP contribution is 2.52. The van der Waals surface area contributed by atoms with Gasteiger partial charge in [-0.25, -0.2) is 0 Å². The summed E-state index contributed by atoms with van der Waals surface area (Å²) < 4.78 is 0. The minimum atomic E-state index is -0.0804. The van der Waals surface area contributed by atoms with Crippen molar-refractivity contribution in [3.8, 4) is 22.3 Å². The Morgan fingerprint density at radius 2 is 0.871 bits per heavy atom. The van der Waals surface area contributed by atoms with Crippen molar-refractivity contribution in [2.75, 3.05) is 9.80 Å². The maximum atomic E-state index is 2.44. The number of anilines is 6. The maximum absolute atomic E-state index is 2.44. The van der Waals surface area contributed by atoms with Gasteiger partial charge >= 0.3 is 0 Å². The highest BCUT2D eigenvalue weighted by atomic mass is 15.1. The lowest BCUT2D eigenvalue weighted by atomic mass is 9.61. The van der Waals surface area contributed by atoms with Crippen LogP contribution in [-0.4, -0.2) is 0 Å². The van der Waals surface area contributed by atoms with Crippen molar-refractivity contribution in [2.24, 2.45) is 11.8 Å². The Morgan fingerprint density at radius 1 is 0.419 bits per heavy atom. The van der Waals surface area contributed by atoms with Crippen molar-refractivity contribution >= 4 is 34.1 Å². The molecular formula is C60H56N2. The summed E-state index contributed by atoms with van der Waals surface area (Å²) in [7, 11) is 0. The summed E-state index contributed by atoms with van der Waals surface area (Å²) in [6.45, 7) is 9.55. The molecule has 0 heterocycles. The van der Waals surface area contributed by atoms with Crippen molar-refractivity contribution in [3.63, 3.8) is 0 Å². The molecule has 62 heavy (non-hydrogen) atoms. The maximum Gasteiger partial charge on any atom is 0.0540 e. The SMILES string of the molecule is CC(C)C1CCC(c2ccc(N(c3ccccc3)c3ccc4c(c3)C(C)(C)c3ccccc3-4)cc2)(c2ccc(N(c3ccccc3)c3ccccc3-c3ccccc3)cc2)CC1. The van der Waals surface area contributed by atoms with E-state index in [1.165, 1.54) is 74.4 Å². The summed E-state index contributed by atoms with van der Waals surface area (Å²) in [5.74, 6) is 1.43. The standard InChI is InChI=1S/C60H56N2/c1-43(2)44-38-40-60(41-39-44,47-30-34-51(35-31-47)62(49-22-12-7-13-23-49)58-27-17-15-24-53(58)45-18-8-5-9-19-45)46-28-32-50(33-29-46)61(48-20-10-6-11-21-48)52-36-37-55-54-25-14-16-26-56(54)59(3,4)57(55)42-52/h5-37,42-44H,38-41H2,1-4H3. The van der Waals surface area contributed by atoms with E-state index in [0.717, 1.165) is 35.8 Å². The second kappa shape index (κ2) is 16.3. The summed E-state index contributed by atoms with van der Waals surface area (Å²) in [6, 6.07) is 76.4. The van der Waals surface area contributed by atoms with Crippen LogP contribution in [0.5, 0.6) is 0 Å². The fraction of sp³-hybridized carbons (Fsp3) is 0.200. The average Bonchev–Trinajstić information content (AvgIpc) is 3.56. The molecule has 1 saturated carbocycles. The van der Waals surface area contributed by atoms with Gasteiger partial charge in [-0.3, -0.25) is 0 Å². The Balaban J connectivity index is 1.04. The molecule has 0 spiro atoms. The Morgan fingerprint density at radius 3 is 1.47 bits per heavy atom. The van der Waals surface area contributed by atoms with Crippen molar-refractivity contribution in [1.29, 1.82) is 0 Å². The fourth-order valence-corrected chi connectivity index (χ4v) is 10.8. The number of para-hydroxylation sites is 3. The van der Waals surface area contributed by atoms with Crippen LogP contribution in [0.3, 0.4) is 0 Å². The molecule has 306 valence electrons. The van der Waals surface area contributed by atoms with Crippen molar-refractivity contribution in [1.82, 2.24) is 0 Å². The number of hydrogen-bond acceptors (Lipinski definition) is 2. The van der Waals surface area contributed by atoms with E-state index in [9.17, 15) is 0 Å². The van der Waals surface area contributed by atoms with Crippen LogP contribution >= 0.6 is 0 Å². The molecule has 0 aliphatic heterocycles. The van der Waals surface area contributed by atoms with E-state index in [1.54, 1.807) is 0 Å². The van der Waals surface area contributed by atoms with Gasteiger partial charge in [0.25, 0.3) is 0 Å². The van der Waals surface area contributed by atoms with Gasteiger partial charge in [0.2, 0.25) is 0 Å². The van der Waals surface area contributed by atoms with E-state index in [4.69, 9.17) is 0 Å². The third-order valence-electron chi connectivity index (χ3n) is 14.3. The van der Waals surface area contributed by atoms with Crippen molar-refractivity contribution in [2.45, 2.75) is 64.2 Å². The van der Waals surface area contributed by atoms with E-state index in [0.29, 0.717) is 5.92 Å². The van der Waals surface area contributed by atoms with Crippen LogP contribution in [0.25, 0.3) is 22.3 Å². The number of hydrogen-bond donors (Lipinski definition) is 0. The molecule has 0 N–H and O–H groups in total. The summed E-state index contributed by atoms with van der Waals surface area (Å²) in [4.78, 5) is 4.85. The summed E-state index contributed by atoms with van der Waals surface area (Å²) >= 11 is 0. The molecule has 10 rings (SSSR count). The minimum Gasteiger partial charge on any atom is -0.310 e. The molecule has 1 fully saturated rings. The lowest BCUT2D eigenvalue weighted by Gasteiger charge is -2.43. The molecule has 0 amide bonds. The van der Waals surface area contributed by atoms with Gasteiger partial charge in [-0.15, -0.1) is 0 Å². The van der Waals surface area contributed by atoms with Crippen LogP contribution in [0, 0.1) is 11.8 Å². The van der Waals surface area contributed by atoms with Crippen molar-refractivity contribution < 1.29 is 0 Å². The predicted octanol–water partition coefficient (Wildman–Crippen LogP) is 16.7. The first kappa shape index (κ1) is 39.5. The fourth-order valence-electron chi connectivity index (χ4n) is 10.8. The van der Waals surface area contributed by atoms with E-state index in [-0.39, 0.29) is 10.8 Å². The summed E-state index contributed by atoms with van der Waals surface area (Å²) in [5, 5.41) is 0. The topological polar surface area (TPSA) is 6.48 Å². The zero-order valence-electron chi connectivity index (χ0n) is 36.5. The highest BCUT2D eigenvalue weighted by Gasteiger charge is 2.40. The Hall–Kier alpha value is -6.64. The number of fused-ring (bicyclic) bond motifs is 3. The van der Waals surface area contributed by atoms with E-state index in [1.807, 2.05) is 0 Å². The van der Waals surface area contributed by atoms with Gasteiger partial charge < -0.3 is 9.80 Å². The molecule has 0 saturated heterocycles. The number of rotatable bonds is 10. The van der Waals surface area contributed by atoms with Gasteiger partial charge in [0.1, 0.15) is 0 Å². The molecular weight excluding hydrogens is 749 g/mol. The van der Waals surface area contributed by atoms with Gasteiger partial charge in [0.05, 0.1) is 5.69 Å². The molecule has 0 radical (unpaired) electrons. The molecule has 2 heteroatoms. The molecule has 0 aromatic heterocycles. The van der Waals surface area contributed by atoms with Crippen LogP contribution < -0.4 is 9.80 Å². The molecule has 0 bridgehead atoms. The van der Waals surface area contributed by atoms with E-state index in [2.05, 4.69) is 244 Å². The first-order valence-corrected chi connectivity index (χ1v) is 22.6. The van der Waals surface area contributed by atoms with Crippen LogP contribution in [0.2, 0.25) is 0 Å². The third kappa shape index (κ3) is 7.02. The van der Waals surface area contributed by atoms with Crippen LogP contribution in [0.1, 0.15) is 75.6 Å². The van der Waals surface area contributed by atoms with Crippen LogP contribution in [-0.2, 0) is 10.8 Å².